The van der Waals surface area contributed by atoms with Crippen LogP contribution in [-0.2, 0) is 9.53 Å². The number of fused-ring (bicyclic) bond motifs is 1. The molecule has 0 aromatic heterocycles. The van der Waals surface area contributed by atoms with Gasteiger partial charge in [0.1, 0.15) is 12.4 Å². The van der Waals surface area contributed by atoms with Gasteiger partial charge >= 0.3 is 6.09 Å². The van der Waals surface area contributed by atoms with Crippen LogP contribution >= 0.6 is 0 Å². The van der Waals surface area contributed by atoms with Gasteiger partial charge in [-0.25, -0.2) is 4.79 Å². The van der Waals surface area contributed by atoms with E-state index in [4.69, 9.17) is 9.47 Å². The van der Waals surface area contributed by atoms with Crippen molar-refractivity contribution in [3.8, 4) is 5.75 Å². The average molecular weight is 391 g/mol. The Morgan fingerprint density at radius 1 is 1.29 bits per heavy atom. The smallest absolute Gasteiger partial charge is 0.409 e. The van der Waals surface area contributed by atoms with E-state index in [1.807, 2.05) is 20.8 Å². The zero-order chi connectivity index (χ0) is 21.2. The number of nitrogens with zero attached hydrogens (tertiary/aromatic N) is 2. The summed E-state index contributed by atoms with van der Waals surface area (Å²) in [5.74, 6) is 0.0358. The van der Waals surface area contributed by atoms with E-state index < -0.39 is 11.7 Å². The van der Waals surface area contributed by atoms with E-state index in [0.717, 1.165) is 5.56 Å². The third-order valence-electron chi connectivity index (χ3n) is 4.29. The number of amides is 3. The van der Waals surface area contributed by atoms with Crippen molar-refractivity contribution < 1.29 is 23.9 Å². The molecule has 0 fully saturated rings. The lowest BCUT2D eigenvalue weighted by Crippen LogP contribution is -2.53. The maximum Gasteiger partial charge on any atom is 0.409 e. The number of hydrogen-bond donors (Lipinski definition) is 1. The molecule has 154 valence electrons. The Morgan fingerprint density at radius 3 is 2.50 bits per heavy atom. The highest BCUT2D eigenvalue weighted by atomic mass is 16.6. The summed E-state index contributed by atoms with van der Waals surface area (Å²) >= 11 is 0. The summed E-state index contributed by atoms with van der Waals surface area (Å²) in [4.78, 5) is 39.9. The quantitative estimate of drug-likeness (QED) is 0.832. The van der Waals surface area contributed by atoms with Gasteiger partial charge in [0, 0.05) is 25.7 Å². The predicted octanol–water partition coefficient (Wildman–Crippen LogP) is 2.34. The number of ether oxygens (including phenoxy) is 2. The van der Waals surface area contributed by atoms with Gasteiger partial charge in [0.25, 0.3) is 11.8 Å². The summed E-state index contributed by atoms with van der Waals surface area (Å²) in [7, 11) is 3.17. The van der Waals surface area contributed by atoms with Crippen LogP contribution in [-0.4, -0.2) is 61.7 Å². The zero-order valence-electron chi connectivity index (χ0n) is 17.6. The van der Waals surface area contributed by atoms with Gasteiger partial charge in [0.2, 0.25) is 0 Å². The van der Waals surface area contributed by atoms with Crippen molar-refractivity contribution in [3.63, 3.8) is 0 Å². The Balaban J connectivity index is 2.36. The monoisotopic (exact) mass is 391 g/mol. The van der Waals surface area contributed by atoms with Crippen LogP contribution in [0.1, 0.15) is 43.6 Å². The van der Waals surface area contributed by atoms with Crippen LogP contribution in [0.5, 0.6) is 5.75 Å². The van der Waals surface area contributed by atoms with Crippen LogP contribution in [0.25, 0.3) is 0 Å². The third kappa shape index (κ3) is 4.55. The second kappa shape index (κ2) is 8.08. The molecular formula is C20H29N3O5. The Kier molecular flexibility index (Phi) is 6.21. The molecule has 0 spiro atoms. The molecule has 0 radical (unpaired) electrons. The molecule has 8 nitrogen and oxygen atoms in total. The fourth-order valence-electron chi connectivity index (χ4n) is 2.88. The second-order valence-corrected chi connectivity index (χ2v) is 7.84. The Labute approximate surface area is 165 Å². The minimum atomic E-state index is -1.06. The van der Waals surface area contributed by atoms with Gasteiger partial charge in [-0.15, -0.1) is 0 Å². The molecule has 0 saturated carbocycles. The maximum atomic E-state index is 12.9. The lowest BCUT2D eigenvalue weighted by atomic mass is 10.00. The van der Waals surface area contributed by atoms with Gasteiger partial charge in [-0.1, -0.05) is 0 Å². The van der Waals surface area contributed by atoms with Crippen molar-refractivity contribution in [2.75, 3.05) is 32.1 Å². The van der Waals surface area contributed by atoms with Crippen LogP contribution in [0, 0.1) is 6.92 Å². The summed E-state index contributed by atoms with van der Waals surface area (Å²) in [5, 5.41) is 2.86. The molecule has 1 aromatic carbocycles. The van der Waals surface area contributed by atoms with Crippen molar-refractivity contribution in [1.82, 2.24) is 10.2 Å². The number of rotatable bonds is 5. The summed E-state index contributed by atoms with van der Waals surface area (Å²) in [6.07, 6.45) is -0.485. The molecule has 8 heteroatoms. The molecule has 0 saturated heterocycles. The van der Waals surface area contributed by atoms with Crippen molar-refractivity contribution in [2.24, 2.45) is 0 Å². The molecule has 0 atom stereocenters. The van der Waals surface area contributed by atoms with Gasteiger partial charge in [-0.2, -0.15) is 0 Å². The number of nitrogens with one attached hydrogen (secondary N) is 1. The fourth-order valence-corrected chi connectivity index (χ4v) is 2.88. The maximum absolute atomic E-state index is 12.9. The highest BCUT2D eigenvalue weighted by Gasteiger charge is 2.41. The van der Waals surface area contributed by atoms with E-state index in [0.29, 0.717) is 17.0 Å². The number of carbonyl (C=O) groups is 3. The average Bonchev–Trinajstić information content (AvgIpc) is 2.56. The van der Waals surface area contributed by atoms with Gasteiger partial charge in [-0.3, -0.25) is 9.59 Å². The van der Waals surface area contributed by atoms with Gasteiger partial charge < -0.3 is 24.6 Å². The number of hydrogen-bond acceptors (Lipinski definition) is 5. The minimum absolute atomic E-state index is 0.0127. The lowest BCUT2D eigenvalue weighted by molar-refractivity contribution is -0.132. The Morgan fingerprint density at radius 2 is 1.93 bits per heavy atom. The first-order chi connectivity index (χ1) is 12.9. The molecule has 1 aliphatic rings. The molecule has 0 unspecified atom stereocenters. The molecule has 0 aliphatic carbocycles. The van der Waals surface area contributed by atoms with Crippen LogP contribution in [0.4, 0.5) is 10.5 Å². The van der Waals surface area contributed by atoms with Gasteiger partial charge in [-0.05, 0) is 52.3 Å². The van der Waals surface area contributed by atoms with Crippen LogP contribution in [0.2, 0.25) is 0 Å². The summed E-state index contributed by atoms with van der Waals surface area (Å²) in [6, 6.07) is 3.40. The number of carbonyl (C=O) groups excluding carboxylic acids is 3. The molecule has 3 amide bonds. The third-order valence-corrected chi connectivity index (χ3v) is 4.29. The van der Waals surface area contributed by atoms with Crippen LogP contribution in [0.15, 0.2) is 12.1 Å². The molecule has 2 rings (SSSR count). The first kappa shape index (κ1) is 21.5. The first-order valence-corrected chi connectivity index (χ1v) is 9.24. The van der Waals surface area contributed by atoms with Crippen molar-refractivity contribution in [3.05, 3.63) is 23.3 Å². The molecule has 1 heterocycles. The predicted molar refractivity (Wildman–Crippen MR) is 106 cm³/mol. The molecule has 28 heavy (non-hydrogen) atoms. The van der Waals surface area contributed by atoms with Crippen LogP contribution in [0.3, 0.4) is 0 Å². The molecule has 1 aromatic rings. The SMILES string of the molecule is Cc1cc2c(cc1C(=O)NC(C)C)N(CCOC(=O)N(C)C)C(=O)C(C)(C)O2. The topological polar surface area (TPSA) is 88.2 Å². The van der Waals surface area contributed by atoms with E-state index in [1.165, 1.54) is 9.80 Å². The second-order valence-electron chi connectivity index (χ2n) is 7.84. The first-order valence-electron chi connectivity index (χ1n) is 9.24. The number of benzene rings is 1. The minimum Gasteiger partial charge on any atom is -0.476 e. The van der Waals surface area contributed by atoms with Gasteiger partial charge in [0.15, 0.2) is 5.60 Å². The summed E-state index contributed by atoms with van der Waals surface area (Å²) in [6.45, 7) is 9.15. The fraction of sp³-hybridized carbons (Fsp3) is 0.550. The number of aryl methyl sites for hydroxylation is 1. The van der Waals surface area contributed by atoms with E-state index in [-0.39, 0.29) is 31.0 Å². The van der Waals surface area contributed by atoms with Crippen molar-refractivity contribution in [1.29, 1.82) is 0 Å². The van der Waals surface area contributed by atoms with E-state index >= 15 is 0 Å². The Bertz CT molecular complexity index is 786. The summed E-state index contributed by atoms with van der Waals surface area (Å²) in [5.41, 5.74) is 0.650. The zero-order valence-corrected chi connectivity index (χ0v) is 17.6. The number of anilines is 1. The van der Waals surface area contributed by atoms with Crippen LogP contribution < -0.4 is 15.0 Å². The van der Waals surface area contributed by atoms with Crippen molar-refractivity contribution in [2.45, 2.75) is 46.3 Å². The summed E-state index contributed by atoms with van der Waals surface area (Å²) < 4.78 is 11.0. The standard InChI is InChI=1S/C20H29N3O5/c1-12(2)21-17(24)14-11-15-16(10-13(14)3)28-20(4,5)18(25)23(15)8-9-27-19(26)22(6)7/h10-12H,8-9H2,1-7H3,(H,21,24). The molecule has 0 bridgehead atoms. The largest absolute Gasteiger partial charge is 0.476 e. The Hall–Kier alpha value is -2.77. The normalized spacial score (nSPS) is 15.0. The highest BCUT2D eigenvalue weighted by Crippen LogP contribution is 2.39. The van der Waals surface area contributed by atoms with Gasteiger partial charge in [0.05, 0.1) is 12.2 Å². The van der Waals surface area contributed by atoms with Crippen molar-refractivity contribution >= 4 is 23.6 Å². The van der Waals surface area contributed by atoms with E-state index in [1.54, 1.807) is 40.1 Å². The van der Waals surface area contributed by atoms with E-state index in [9.17, 15) is 14.4 Å². The molecular weight excluding hydrogens is 362 g/mol. The lowest BCUT2D eigenvalue weighted by Gasteiger charge is -2.39. The van der Waals surface area contributed by atoms with E-state index in [2.05, 4.69) is 5.32 Å². The highest BCUT2D eigenvalue weighted by molar-refractivity contribution is 6.04. The molecule has 1 N–H and O–H groups in total. The molecule has 1 aliphatic heterocycles.